The monoisotopic (exact) mass is 252 g/mol. The molecule has 18 heavy (non-hydrogen) atoms. The molecular weight excluding hydrogens is 228 g/mol. The first-order valence-electron chi connectivity index (χ1n) is 6.45. The topological polar surface area (TPSA) is 59.1 Å². The Balaban J connectivity index is 2.61. The van der Waals surface area contributed by atoms with E-state index in [0.29, 0.717) is 12.5 Å². The van der Waals surface area contributed by atoms with Gasteiger partial charge < -0.3 is 15.4 Å². The van der Waals surface area contributed by atoms with Crippen LogP contribution in [0.15, 0.2) is 6.07 Å². The fourth-order valence-corrected chi connectivity index (χ4v) is 1.42. The van der Waals surface area contributed by atoms with Crippen LogP contribution in [0.25, 0.3) is 0 Å². The summed E-state index contributed by atoms with van der Waals surface area (Å²) in [4.78, 5) is 8.89. The minimum Gasteiger partial charge on any atom is -0.377 e. The molecule has 0 bridgehead atoms. The Hall–Kier alpha value is -1.36. The van der Waals surface area contributed by atoms with Gasteiger partial charge in [-0.25, -0.2) is 9.97 Å². The third-order valence-corrected chi connectivity index (χ3v) is 2.38. The summed E-state index contributed by atoms with van der Waals surface area (Å²) in [5.74, 6) is 2.83. The molecule has 0 aliphatic rings. The lowest BCUT2D eigenvalue weighted by Crippen LogP contribution is -2.15. The zero-order valence-electron chi connectivity index (χ0n) is 11.9. The molecule has 0 spiro atoms. The van der Waals surface area contributed by atoms with Gasteiger partial charge in [0.1, 0.15) is 17.5 Å². The van der Waals surface area contributed by atoms with Crippen molar-refractivity contribution in [2.45, 2.75) is 39.7 Å². The quantitative estimate of drug-likeness (QED) is 0.730. The van der Waals surface area contributed by atoms with Crippen LogP contribution in [-0.2, 0) is 4.74 Å². The van der Waals surface area contributed by atoms with Crippen LogP contribution in [0.1, 0.15) is 39.4 Å². The van der Waals surface area contributed by atoms with Crippen LogP contribution in [0.4, 0.5) is 11.6 Å². The molecule has 5 nitrogen and oxygen atoms in total. The number of nitrogens with zero attached hydrogens (tertiary/aromatic N) is 2. The van der Waals surface area contributed by atoms with Gasteiger partial charge >= 0.3 is 0 Å². The van der Waals surface area contributed by atoms with Crippen LogP contribution < -0.4 is 10.6 Å². The third-order valence-electron chi connectivity index (χ3n) is 2.38. The van der Waals surface area contributed by atoms with E-state index >= 15 is 0 Å². The summed E-state index contributed by atoms with van der Waals surface area (Å²) in [6.07, 6.45) is 0.260. The SMILES string of the molecule is CNc1cc(NCCOC(C)C)nc(C(C)C)n1. The maximum atomic E-state index is 5.48. The van der Waals surface area contributed by atoms with Crippen molar-refractivity contribution in [1.82, 2.24) is 9.97 Å². The molecule has 1 rings (SSSR count). The minimum atomic E-state index is 0.260. The van der Waals surface area contributed by atoms with Crippen molar-refractivity contribution in [3.8, 4) is 0 Å². The average molecular weight is 252 g/mol. The Bertz CT molecular complexity index is 366. The van der Waals surface area contributed by atoms with Gasteiger partial charge in [0.2, 0.25) is 0 Å². The molecule has 1 heterocycles. The minimum absolute atomic E-state index is 0.260. The van der Waals surface area contributed by atoms with Crippen molar-refractivity contribution in [3.63, 3.8) is 0 Å². The molecule has 1 aromatic rings. The molecule has 0 aromatic carbocycles. The van der Waals surface area contributed by atoms with Gasteiger partial charge in [0.15, 0.2) is 0 Å². The van der Waals surface area contributed by atoms with Crippen LogP contribution in [-0.4, -0.2) is 36.3 Å². The van der Waals surface area contributed by atoms with Gasteiger partial charge in [-0.15, -0.1) is 0 Å². The van der Waals surface area contributed by atoms with Crippen molar-refractivity contribution < 1.29 is 4.74 Å². The summed E-state index contributed by atoms with van der Waals surface area (Å²) in [6.45, 7) is 9.64. The zero-order chi connectivity index (χ0) is 13.5. The highest BCUT2D eigenvalue weighted by Gasteiger charge is 2.07. The van der Waals surface area contributed by atoms with E-state index in [-0.39, 0.29) is 6.10 Å². The Morgan fingerprint density at radius 1 is 1.17 bits per heavy atom. The number of ether oxygens (including phenoxy) is 1. The van der Waals surface area contributed by atoms with Crippen molar-refractivity contribution in [2.75, 3.05) is 30.8 Å². The number of aromatic nitrogens is 2. The van der Waals surface area contributed by atoms with Gasteiger partial charge in [-0.1, -0.05) is 13.8 Å². The van der Waals surface area contributed by atoms with Crippen molar-refractivity contribution >= 4 is 11.6 Å². The summed E-state index contributed by atoms with van der Waals surface area (Å²) in [5.41, 5.74) is 0. The maximum absolute atomic E-state index is 5.48. The fraction of sp³-hybridized carbons (Fsp3) is 0.692. The number of hydrogen-bond donors (Lipinski definition) is 2. The third kappa shape index (κ3) is 4.87. The second-order valence-corrected chi connectivity index (χ2v) is 4.75. The van der Waals surface area contributed by atoms with E-state index in [1.54, 1.807) is 0 Å². The molecule has 0 unspecified atom stereocenters. The summed E-state index contributed by atoms with van der Waals surface area (Å²) in [7, 11) is 1.86. The van der Waals surface area contributed by atoms with Gasteiger partial charge in [0.05, 0.1) is 12.7 Å². The summed E-state index contributed by atoms with van der Waals surface area (Å²) >= 11 is 0. The predicted octanol–water partition coefficient (Wildman–Crippen LogP) is 2.48. The van der Waals surface area contributed by atoms with E-state index in [2.05, 4.69) is 34.4 Å². The fourth-order valence-electron chi connectivity index (χ4n) is 1.42. The van der Waals surface area contributed by atoms with Crippen molar-refractivity contribution in [2.24, 2.45) is 0 Å². The average Bonchev–Trinajstić information content (AvgIpc) is 2.34. The molecule has 2 N–H and O–H groups in total. The molecule has 1 aromatic heterocycles. The Labute approximate surface area is 109 Å². The molecule has 0 fully saturated rings. The molecule has 5 heteroatoms. The van der Waals surface area contributed by atoms with Gasteiger partial charge in [0.25, 0.3) is 0 Å². The molecule has 0 radical (unpaired) electrons. The normalized spacial score (nSPS) is 11.1. The molecule has 0 saturated carbocycles. The molecular formula is C13H24N4O. The second kappa shape index (κ2) is 7.16. The zero-order valence-corrected chi connectivity index (χ0v) is 11.9. The van der Waals surface area contributed by atoms with Gasteiger partial charge in [-0.2, -0.15) is 0 Å². The van der Waals surface area contributed by atoms with E-state index in [9.17, 15) is 0 Å². The summed E-state index contributed by atoms with van der Waals surface area (Å²) in [5, 5.41) is 6.30. The maximum Gasteiger partial charge on any atom is 0.135 e. The van der Waals surface area contributed by atoms with E-state index in [0.717, 1.165) is 24.0 Å². The molecule has 0 aliphatic carbocycles. The number of nitrogens with one attached hydrogen (secondary N) is 2. The van der Waals surface area contributed by atoms with Crippen LogP contribution in [0, 0.1) is 0 Å². The summed E-state index contributed by atoms with van der Waals surface area (Å²) in [6, 6.07) is 1.90. The largest absolute Gasteiger partial charge is 0.377 e. The Morgan fingerprint density at radius 2 is 1.83 bits per heavy atom. The number of rotatable bonds is 7. The van der Waals surface area contributed by atoms with E-state index in [1.807, 2.05) is 27.0 Å². The van der Waals surface area contributed by atoms with Crippen molar-refractivity contribution in [3.05, 3.63) is 11.9 Å². The molecule has 0 saturated heterocycles. The highest BCUT2D eigenvalue weighted by Crippen LogP contribution is 2.16. The van der Waals surface area contributed by atoms with Gasteiger partial charge in [-0.05, 0) is 13.8 Å². The highest BCUT2D eigenvalue weighted by molar-refractivity contribution is 5.47. The molecule has 0 amide bonds. The van der Waals surface area contributed by atoms with E-state index in [4.69, 9.17) is 4.74 Å². The van der Waals surface area contributed by atoms with E-state index in [1.165, 1.54) is 0 Å². The first-order chi connectivity index (χ1) is 8.52. The first-order valence-corrected chi connectivity index (χ1v) is 6.45. The van der Waals surface area contributed by atoms with Gasteiger partial charge in [0, 0.05) is 25.6 Å². The lowest BCUT2D eigenvalue weighted by atomic mass is 10.2. The van der Waals surface area contributed by atoms with Gasteiger partial charge in [-0.3, -0.25) is 0 Å². The van der Waals surface area contributed by atoms with Crippen molar-refractivity contribution in [1.29, 1.82) is 0 Å². The second-order valence-electron chi connectivity index (χ2n) is 4.75. The summed E-state index contributed by atoms with van der Waals surface area (Å²) < 4.78 is 5.48. The highest BCUT2D eigenvalue weighted by atomic mass is 16.5. The van der Waals surface area contributed by atoms with Crippen LogP contribution in [0.3, 0.4) is 0 Å². The standard InChI is InChI=1S/C13H24N4O/c1-9(2)13-16-11(14-5)8-12(17-13)15-6-7-18-10(3)4/h8-10H,6-7H2,1-5H3,(H2,14,15,16,17). The molecule has 102 valence electrons. The first kappa shape index (κ1) is 14.7. The number of anilines is 2. The van der Waals surface area contributed by atoms with E-state index < -0.39 is 0 Å². The lowest BCUT2D eigenvalue weighted by Gasteiger charge is -2.12. The molecule has 0 atom stereocenters. The Morgan fingerprint density at radius 3 is 2.39 bits per heavy atom. The van der Waals surface area contributed by atoms with Crippen LogP contribution in [0.5, 0.6) is 0 Å². The van der Waals surface area contributed by atoms with Crippen LogP contribution >= 0.6 is 0 Å². The molecule has 0 aliphatic heterocycles. The van der Waals surface area contributed by atoms with Crippen LogP contribution in [0.2, 0.25) is 0 Å². The number of hydrogen-bond acceptors (Lipinski definition) is 5. The lowest BCUT2D eigenvalue weighted by molar-refractivity contribution is 0.0870. The Kier molecular flexibility index (Phi) is 5.85. The predicted molar refractivity (Wildman–Crippen MR) is 75.2 cm³/mol. The smallest absolute Gasteiger partial charge is 0.135 e.